The Labute approximate surface area is 126 Å². The topological polar surface area (TPSA) is 54.0 Å². The standard InChI is InChI=1S/C15H16FN3OS/c16-12-6-2-1-5-11(12)15-19-13(9-21-15)14(20)18-10-4-3-7-17-8-10/h1-2,5-6,9-10,17H,3-4,7-8H2,(H,18,20)/t10-/m0/s1. The first-order chi connectivity index (χ1) is 10.2. The molecule has 1 aliphatic heterocycles. The van der Waals surface area contributed by atoms with Crippen molar-refractivity contribution in [3.05, 3.63) is 41.2 Å². The van der Waals surface area contributed by atoms with Crippen molar-refractivity contribution in [2.75, 3.05) is 13.1 Å². The van der Waals surface area contributed by atoms with Crippen LogP contribution in [0.2, 0.25) is 0 Å². The molecule has 4 nitrogen and oxygen atoms in total. The van der Waals surface area contributed by atoms with E-state index in [2.05, 4.69) is 15.6 Å². The molecule has 1 fully saturated rings. The Kier molecular flexibility index (Phi) is 4.26. The van der Waals surface area contributed by atoms with Crippen molar-refractivity contribution < 1.29 is 9.18 Å². The van der Waals surface area contributed by atoms with Gasteiger partial charge in [-0.3, -0.25) is 4.79 Å². The zero-order chi connectivity index (χ0) is 14.7. The molecule has 1 saturated heterocycles. The van der Waals surface area contributed by atoms with Gasteiger partial charge in [0.2, 0.25) is 0 Å². The van der Waals surface area contributed by atoms with E-state index in [4.69, 9.17) is 0 Å². The van der Waals surface area contributed by atoms with Crippen LogP contribution in [-0.4, -0.2) is 30.0 Å². The van der Waals surface area contributed by atoms with Gasteiger partial charge in [-0.15, -0.1) is 11.3 Å². The minimum Gasteiger partial charge on any atom is -0.347 e. The zero-order valence-corrected chi connectivity index (χ0v) is 12.3. The summed E-state index contributed by atoms with van der Waals surface area (Å²) in [7, 11) is 0. The smallest absolute Gasteiger partial charge is 0.271 e. The molecule has 110 valence electrons. The van der Waals surface area contributed by atoms with Crippen molar-refractivity contribution in [2.45, 2.75) is 18.9 Å². The van der Waals surface area contributed by atoms with Gasteiger partial charge in [-0.05, 0) is 31.5 Å². The Morgan fingerprint density at radius 1 is 1.43 bits per heavy atom. The molecular weight excluding hydrogens is 289 g/mol. The third kappa shape index (κ3) is 3.28. The van der Waals surface area contributed by atoms with E-state index in [-0.39, 0.29) is 17.8 Å². The molecular formula is C15H16FN3OS. The number of carbonyl (C=O) groups excluding carboxylic acids is 1. The zero-order valence-electron chi connectivity index (χ0n) is 11.4. The molecule has 1 aliphatic rings. The third-order valence-corrected chi connectivity index (χ3v) is 4.35. The fourth-order valence-corrected chi connectivity index (χ4v) is 3.20. The van der Waals surface area contributed by atoms with E-state index in [1.165, 1.54) is 17.4 Å². The molecule has 0 spiro atoms. The molecule has 1 amide bonds. The summed E-state index contributed by atoms with van der Waals surface area (Å²) >= 11 is 1.28. The van der Waals surface area contributed by atoms with Crippen LogP contribution in [0.3, 0.4) is 0 Å². The number of hydrogen-bond acceptors (Lipinski definition) is 4. The molecule has 0 bridgehead atoms. The van der Waals surface area contributed by atoms with E-state index in [9.17, 15) is 9.18 Å². The van der Waals surface area contributed by atoms with Gasteiger partial charge < -0.3 is 10.6 Å². The average molecular weight is 305 g/mol. The molecule has 0 unspecified atom stereocenters. The maximum absolute atomic E-state index is 13.7. The van der Waals surface area contributed by atoms with Gasteiger partial charge in [0.1, 0.15) is 16.5 Å². The maximum atomic E-state index is 13.7. The van der Waals surface area contributed by atoms with Gasteiger partial charge in [0.25, 0.3) is 5.91 Å². The van der Waals surface area contributed by atoms with Gasteiger partial charge in [0, 0.05) is 23.5 Å². The highest BCUT2D eigenvalue weighted by Gasteiger charge is 2.19. The Morgan fingerprint density at radius 2 is 2.29 bits per heavy atom. The van der Waals surface area contributed by atoms with E-state index in [1.807, 2.05) is 0 Å². The summed E-state index contributed by atoms with van der Waals surface area (Å²) in [6, 6.07) is 6.60. The lowest BCUT2D eigenvalue weighted by Gasteiger charge is -2.23. The summed E-state index contributed by atoms with van der Waals surface area (Å²) in [4.78, 5) is 16.4. The predicted octanol–water partition coefficient (Wildman–Crippen LogP) is 2.43. The molecule has 0 saturated carbocycles. The number of rotatable bonds is 3. The van der Waals surface area contributed by atoms with Crippen LogP contribution in [0.5, 0.6) is 0 Å². The monoisotopic (exact) mass is 305 g/mol. The van der Waals surface area contributed by atoms with Gasteiger partial charge in [-0.1, -0.05) is 12.1 Å². The van der Waals surface area contributed by atoms with Crippen LogP contribution in [0.1, 0.15) is 23.3 Å². The van der Waals surface area contributed by atoms with Crippen LogP contribution in [0.15, 0.2) is 29.6 Å². The summed E-state index contributed by atoms with van der Waals surface area (Å²) in [5.74, 6) is -0.516. The minimum atomic E-state index is -0.324. The van der Waals surface area contributed by atoms with Crippen LogP contribution >= 0.6 is 11.3 Å². The molecule has 2 aromatic rings. The number of nitrogens with one attached hydrogen (secondary N) is 2. The van der Waals surface area contributed by atoms with Gasteiger partial charge in [0.15, 0.2) is 0 Å². The van der Waals surface area contributed by atoms with Crippen molar-refractivity contribution in [3.63, 3.8) is 0 Å². The lowest BCUT2D eigenvalue weighted by atomic mass is 10.1. The Balaban J connectivity index is 1.72. The first-order valence-electron chi connectivity index (χ1n) is 6.96. The third-order valence-electron chi connectivity index (χ3n) is 3.47. The molecule has 0 aliphatic carbocycles. The average Bonchev–Trinajstić information content (AvgIpc) is 2.98. The van der Waals surface area contributed by atoms with Crippen molar-refractivity contribution in [3.8, 4) is 10.6 Å². The Bertz CT molecular complexity index is 637. The second-order valence-electron chi connectivity index (χ2n) is 5.03. The van der Waals surface area contributed by atoms with E-state index in [0.717, 1.165) is 25.9 Å². The Hall–Kier alpha value is -1.79. The van der Waals surface area contributed by atoms with Gasteiger partial charge in [-0.2, -0.15) is 0 Å². The number of carbonyl (C=O) groups is 1. The molecule has 1 aromatic carbocycles. The first-order valence-corrected chi connectivity index (χ1v) is 7.84. The van der Waals surface area contributed by atoms with Gasteiger partial charge in [-0.25, -0.2) is 9.37 Å². The number of aromatic nitrogens is 1. The summed E-state index contributed by atoms with van der Waals surface area (Å²) in [5.41, 5.74) is 0.782. The fourth-order valence-electron chi connectivity index (χ4n) is 2.37. The SMILES string of the molecule is O=C(N[C@H]1CCCNC1)c1csc(-c2ccccc2F)n1. The van der Waals surface area contributed by atoms with Gasteiger partial charge in [0.05, 0.1) is 0 Å². The van der Waals surface area contributed by atoms with Crippen LogP contribution in [0, 0.1) is 5.82 Å². The predicted molar refractivity (Wildman–Crippen MR) is 80.9 cm³/mol. The van der Waals surface area contributed by atoms with Crippen LogP contribution < -0.4 is 10.6 Å². The largest absolute Gasteiger partial charge is 0.347 e. The summed E-state index contributed by atoms with van der Waals surface area (Å²) in [6.07, 6.45) is 2.03. The summed E-state index contributed by atoms with van der Waals surface area (Å²) < 4.78 is 13.7. The summed E-state index contributed by atoms with van der Waals surface area (Å²) in [5, 5.41) is 8.41. The van der Waals surface area contributed by atoms with Crippen molar-refractivity contribution in [2.24, 2.45) is 0 Å². The quantitative estimate of drug-likeness (QED) is 0.916. The van der Waals surface area contributed by atoms with Crippen LogP contribution in [0.4, 0.5) is 4.39 Å². The molecule has 1 atom stereocenters. The van der Waals surface area contributed by atoms with Gasteiger partial charge >= 0.3 is 0 Å². The molecule has 2 N–H and O–H groups in total. The maximum Gasteiger partial charge on any atom is 0.271 e. The number of amides is 1. The number of benzene rings is 1. The minimum absolute atomic E-state index is 0.143. The highest BCUT2D eigenvalue weighted by molar-refractivity contribution is 7.13. The fraction of sp³-hybridized carbons (Fsp3) is 0.333. The highest BCUT2D eigenvalue weighted by Crippen LogP contribution is 2.26. The second kappa shape index (κ2) is 6.32. The van der Waals surface area contributed by atoms with Crippen molar-refractivity contribution in [1.29, 1.82) is 0 Å². The molecule has 6 heteroatoms. The van der Waals surface area contributed by atoms with Crippen molar-refractivity contribution >= 4 is 17.2 Å². The molecule has 2 heterocycles. The molecule has 21 heavy (non-hydrogen) atoms. The normalized spacial score (nSPS) is 18.4. The lowest BCUT2D eigenvalue weighted by molar-refractivity contribution is 0.0926. The highest BCUT2D eigenvalue weighted by atomic mass is 32.1. The summed E-state index contributed by atoms with van der Waals surface area (Å²) in [6.45, 7) is 1.79. The number of nitrogens with zero attached hydrogens (tertiary/aromatic N) is 1. The molecule has 3 rings (SSSR count). The number of halogens is 1. The number of thiazole rings is 1. The van der Waals surface area contributed by atoms with Crippen molar-refractivity contribution in [1.82, 2.24) is 15.6 Å². The van der Waals surface area contributed by atoms with E-state index < -0.39 is 0 Å². The first kappa shape index (κ1) is 14.2. The molecule has 1 aromatic heterocycles. The number of piperidine rings is 1. The van der Waals surface area contributed by atoms with Crippen LogP contribution in [0.25, 0.3) is 10.6 Å². The van der Waals surface area contributed by atoms with E-state index in [1.54, 1.807) is 23.6 Å². The van der Waals surface area contributed by atoms with Crippen LogP contribution in [-0.2, 0) is 0 Å². The molecule has 0 radical (unpaired) electrons. The number of hydrogen-bond donors (Lipinski definition) is 2. The van der Waals surface area contributed by atoms with E-state index in [0.29, 0.717) is 16.3 Å². The van der Waals surface area contributed by atoms with E-state index >= 15 is 0 Å². The second-order valence-corrected chi connectivity index (χ2v) is 5.89. The Morgan fingerprint density at radius 3 is 3.05 bits per heavy atom. The lowest BCUT2D eigenvalue weighted by Crippen LogP contribution is -2.45.